The lowest BCUT2D eigenvalue weighted by molar-refractivity contribution is 0.0752. The van der Waals surface area contributed by atoms with E-state index in [0.717, 1.165) is 48.0 Å². The average molecular weight is 436 g/mol. The SMILES string of the molecule is C[Si](C)(C)CCOCn1ncc2c(c(C3CC3)cn2COCC[Si](C)(C)C)c1=O. The Morgan fingerprint density at radius 2 is 1.59 bits per heavy atom. The zero-order valence-electron chi connectivity index (χ0n) is 19.0. The Bertz CT molecular complexity index is 889. The van der Waals surface area contributed by atoms with Crippen molar-refractivity contribution in [2.75, 3.05) is 13.2 Å². The number of nitrogens with zero attached hydrogens (tertiary/aromatic N) is 3. The molecule has 0 aliphatic heterocycles. The van der Waals surface area contributed by atoms with Crippen molar-refractivity contribution in [2.45, 2.75) is 83.6 Å². The van der Waals surface area contributed by atoms with Crippen molar-refractivity contribution in [2.24, 2.45) is 0 Å². The van der Waals surface area contributed by atoms with Gasteiger partial charge in [-0.05, 0) is 36.4 Å². The molecular weight excluding hydrogens is 398 g/mol. The van der Waals surface area contributed by atoms with Crippen molar-refractivity contribution in [3.8, 4) is 0 Å². The summed E-state index contributed by atoms with van der Waals surface area (Å²) >= 11 is 0. The zero-order valence-corrected chi connectivity index (χ0v) is 21.0. The lowest BCUT2D eigenvalue weighted by Crippen LogP contribution is -2.26. The third kappa shape index (κ3) is 6.37. The van der Waals surface area contributed by atoms with Gasteiger partial charge in [-0.15, -0.1) is 0 Å². The molecule has 1 aliphatic rings. The Morgan fingerprint density at radius 3 is 2.14 bits per heavy atom. The van der Waals surface area contributed by atoms with Gasteiger partial charge < -0.3 is 14.0 Å². The Balaban J connectivity index is 1.74. The molecule has 2 heterocycles. The fourth-order valence-corrected chi connectivity index (χ4v) is 4.76. The predicted octanol–water partition coefficient (Wildman–Crippen LogP) is 4.70. The van der Waals surface area contributed by atoms with Gasteiger partial charge >= 0.3 is 0 Å². The van der Waals surface area contributed by atoms with E-state index in [4.69, 9.17) is 9.47 Å². The van der Waals surface area contributed by atoms with Crippen molar-refractivity contribution in [1.82, 2.24) is 14.3 Å². The molecule has 0 amide bonds. The van der Waals surface area contributed by atoms with E-state index < -0.39 is 16.1 Å². The molecule has 0 bridgehead atoms. The van der Waals surface area contributed by atoms with E-state index in [2.05, 4.69) is 55.1 Å². The highest BCUT2D eigenvalue weighted by Crippen LogP contribution is 2.43. The third-order valence-corrected chi connectivity index (χ3v) is 8.78. The van der Waals surface area contributed by atoms with Gasteiger partial charge in [0.05, 0.1) is 17.1 Å². The number of fused-ring (bicyclic) bond motifs is 1. The number of rotatable bonds is 11. The molecule has 2 aromatic heterocycles. The summed E-state index contributed by atoms with van der Waals surface area (Å²) in [6.45, 7) is 16.2. The third-order valence-electron chi connectivity index (χ3n) is 5.37. The molecule has 162 valence electrons. The Kier molecular flexibility index (Phi) is 6.87. The fourth-order valence-electron chi connectivity index (χ4n) is 3.24. The number of hydrogen-bond acceptors (Lipinski definition) is 4. The Hall–Kier alpha value is -1.23. The number of ether oxygens (including phenoxy) is 2. The van der Waals surface area contributed by atoms with Gasteiger partial charge in [-0.3, -0.25) is 4.79 Å². The molecular formula is C21H37N3O3Si2. The minimum Gasteiger partial charge on any atom is -0.361 e. The number of hydrogen-bond donors (Lipinski definition) is 0. The highest BCUT2D eigenvalue weighted by atomic mass is 28.3. The minimum atomic E-state index is -1.14. The summed E-state index contributed by atoms with van der Waals surface area (Å²) in [4.78, 5) is 13.1. The maximum atomic E-state index is 13.1. The van der Waals surface area contributed by atoms with Crippen molar-refractivity contribution in [3.63, 3.8) is 0 Å². The van der Waals surface area contributed by atoms with Crippen molar-refractivity contribution < 1.29 is 9.47 Å². The first kappa shape index (κ1) is 22.5. The first-order valence-electron chi connectivity index (χ1n) is 10.8. The molecule has 0 unspecified atom stereocenters. The van der Waals surface area contributed by atoms with Crippen LogP contribution in [0.3, 0.4) is 0 Å². The van der Waals surface area contributed by atoms with Crippen LogP contribution in [0.2, 0.25) is 51.4 Å². The van der Waals surface area contributed by atoms with Gasteiger partial charge in [0.1, 0.15) is 13.5 Å². The lowest BCUT2D eigenvalue weighted by Gasteiger charge is -2.16. The Morgan fingerprint density at radius 1 is 1.00 bits per heavy atom. The molecule has 0 saturated heterocycles. The second-order valence-corrected chi connectivity index (χ2v) is 22.0. The molecule has 0 N–H and O–H groups in total. The molecule has 29 heavy (non-hydrogen) atoms. The smallest absolute Gasteiger partial charge is 0.278 e. The standard InChI is InChI=1S/C21H37N3O3Si2/c1-28(2,3)11-9-26-15-23-14-18(17-7-8-17)20-19(23)13-22-24(21(20)25)16-27-10-12-29(4,5)6/h13-14,17H,7-12,15-16H2,1-6H3. The fraction of sp³-hybridized carbons (Fsp3) is 0.714. The van der Waals surface area contributed by atoms with Gasteiger partial charge in [-0.25, -0.2) is 4.68 Å². The van der Waals surface area contributed by atoms with Crippen molar-refractivity contribution >= 4 is 27.1 Å². The minimum absolute atomic E-state index is 0.0433. The van der Waals surface area contributed by atoms with Crippen LogP contribution in [0.25, 0.3) is 10.9 Å². The van der Waals surface area contributed by atoms with E-state index in [1.165, 1.54) is 4.68 Å². The van der Waals surface area contributed by atoms with Crippen LogP contribution in [0.1, 0.15) is 24.3 Å². The first-order valence-corrected chi connectivity index (χ1v) is 18.2. The summed E-state index contributed by atoms with van der Waals surface area (Å²) in [6, 6.07) is 2.23. The van der Waals surface area contributed by atoms with E-state index in [0.29, 0.717) is 19.3 Å². The van der Waals surface area contributed by atoms with Crippen LogP contribution >= 0.6 is 0 Å². The molecule has 0 aromatic carbocycles. The second kappa shape index (κ2) is 8.87. The Labute approximate surface area is 176 Å². The molecule has 8 heteroatoms. The average Bonchev–Trinajstić information content (AvgIpc) is 3.37. The van der Waals surface area contributed by atoms with Crippen molar-refractivity contribution in [1.29, 1.82) is 0 Å². The monoisotopic (exact) mass is 435 g/mol. The second-order valence-electron chi connectivity index (χ2n) is 10.7. The highest BCUT2D eigenvalue weighted by molar-refractivity contribution is 6.76. The molecule has 1 saturated carbocycles. The van der Waals surface area contributed by atoms with E-state index in [9.17, 15) is 4.79 Å². The van der Waals surface area contributed by atoms with Gasteiger partial charge in [0.25, 0.3) is 5.56 Å². The van der Waals surface area contributed by atoms with Gasteiger partial charge in [0.15, 0.2) is 0 Å². The molecule has 2 aromatic rings. The van der Waals surface area contributed by atoms with Crippen LogP contribution in [0.4, 0.5) is 0 Å². The number of aromatic nitrogens is 3. The molecule has 3 rings (SSSR count). The molecule has 0 atom stereocenters. The largest absolute Gasteiger partial charge is 0.361 e. The van der Waals surface area contributed by atoms with Crippen LogP contribution < -0.4 is 5.56 Å². The zero-order chi connectivity index (χ0) is 21.2. The summed E-state index contributed by atoms with van der Waals surface area (Å²) in [5.74, 6) is 0.497. The van der Waals surface area contributed by atoms with Crippen LogP contribution in [0.15, 0.2) is 17.2 Å². The first-order chi connectivity index (χ1) is 13.6. The maximum absolute atomic E-state index is 13.1. The van der Waals surface area contributed by atoms with Crippen molar-refractivity contribution in [3.05, 3.63) is 28.3 Å². The summed E-state index contributed by atoms with van der Waals surface area (Å²) in [5, 5.41) is 5.18. The van der Waals surface area contributed by atoms with E-state index >= 15 is 0 Å². The highest BCUT2D eigenvalue weighted by Gasteiger charge is 2.29. The van der Waals surface area contributed by atoms with Crippen LogP contribution in [-0.2, 0) is 22.9 Å². The van der Waals surface area contributed by atoms with Gasteiger partial charge in [0, 0.05) is 35.6 Å². The topological polar surface area (TPSA) is 58.3 Å². The normalized spacial score (nSPS) is 15.4. The van der Waals surface area contributed by atoms with E-state index in [-0.39, 0.29) is 12.3 Å². The van der Waals surface area contributed by atoms with Crippen LogP contribution in [0, 0.1) is 0 Å². The molecule has 0 spiro atoms. The van der Waals surface area contributed by atoms with Gasteiger partial charge in [-0.2, -0.15) is 5.10 Å². The van der Waals surface area contributed by atoms with Crippen LogP contribution in [0.5, 0.6) is 0 Å². The summed E-state index contributed by atoms with van der Waals surface area (Å²) in [5.41, 5.74) is 1.98. The van der Waals surface area contributed by atoms with E-state index in [1.54, 1.807) is 6.20 Å². The maximum Gasteiger partial charge on any atom is 0.278 e. The van der Waals surface area contributed by atoms with Crippen LogP contribution in [-0.4, -0.2) is 43.7 Å². The van der Waals surface area contributed by atoms with E-state index in [1.807, 2.05) is 0 Å². The predicted molar refractivity (Wildman–Crippen MR) is 124 cm³/mol. The summed E-state index contributed by atoms with van der Waals surface area (Å²) in [6.07, 6.45) is 6.22. The summed E-state index contributed by atoms with van der Waals surface area (Å²) in [7, 11) is -2.25. The molecule has 6 nitrogen and oxygen atoms in total. The quantitative estimate of drug-likeness (QED) is 0.379. The van der Waals surface area contributed by atoms with Gasteiger partial charge in [-0.1, -0.05) is 39.3 Å². The molecule has 0 radical (unpaired) electrons. The molecule has 1 aliphatic carbocycles. The lowest BCUT2D eigenvalue weighted by atomic mass is 10.1. The molecule has 1 fully saturated rings. The summed E-state index contributed by atoms with van der Waals surface area (Å²) < 4.78 is 15.2. The van der Waals surface area contributed by atoms with Gasteiger partial charge in [0.2, 0.25) is 0 Å².